The SMILES string of the molecule is CC(C)(C)c1ccc(Cn2cccc2CN(CCN2CCOCC2)CC(O)COc2ccccc2)cc1. The molecule has 6 nitrogen and oxygen atoms in total. The van der Waals surface area contributed by atoms with Crippen molar-refractivity contribution in [3.05, 3.63) is 89.7 Å². The number of para-hydroxylation sites is 1. The van der Waals surface area contributed by atoms with Gasteiger partial charge in [-0.25, -0.2) is 0 Å². The summed E-state index contributed by atoms with van der Waals surface area (Å²) in [5, 5.41) is 10.8. The average molecular weight is 506 g/mol. The van der Waals surface area contributed by atoms with Crippen molar-refractivity contribution in [2.24, 2.45) is 0 Å². The van der Waals surface area contributed by atoms with Crippen LogP contribution in [0.2, 0.25) is 0 Å². The van der Waals surface area contributed by atoms with Gasteiger partial charge >= 0.3 is 0 Å². The maximum atomic E-state index is 10.8. The Labute approximate surface area is 222 Å². The quantitative estimate of drug-likeness (QED) is 0.395. The zero-order valence-corrected chi connectivity index (χ0v) is 22.7. The van der Waals surface area contributed by atoms with Crippen LogP contribution >= 0.6 is 0 Å². The lowest BCUT2D eigenvalue weighted by Crippen LogP contribution is -2.43. The number of aliphatic hydroxyl groups excluding tert-OH is 1. The van der Waals surface area contributed by atoms with Gasteiger partial charge in [0.25, 0.3) is 0 Å². The van der Waals surface area contributed by atoms with Gasteiger partial charge in [-0.1, -0.05) is 63.2 Å². The summed E-state index contributed by atoms with van der Waals surface area (Å²) in [6.07, 6.45) is 1.58. The topological polar surface area (TPSA) is 50.1 Å². The Morgan fingerprint density at radius 1 is 0.973 bits per heavy atom. The molecule has 0 radical (unpaired) electrons. The molecule has 1 aliphatic rings. The summed E-state index contributed by atoms with van der Waals surface area (Å²) in [7, 11) is 0. The lowest BCUT2D eigenvalue weighted by atomic mass is 9.87. The highest BCUT2D eigenvalue weighted by Crippen LogP contribution is 2.22. The Hall–Kier alpha value is -2.64. The van der Waals surface area contributed by atoms with Crippen LogP contribution in [0.3, 0.4) is 0 Å². The lowest BCUT2D eigenvalue weighted by Gasteiger charge is -2.31. The van der Waals surface area contributed by atoms with Gasteiger partial charge in [0.2, 0.25) is 0 Å². The van der Waals surface area contributed by atoms with E-state index in [1.807, 2.05) is 30.3 Å². The first-order chi connectivity index (χ1) is 17.9. The van der Waals surface area contributed by atoms with Crippen molar-refractivity contribution in [3.63, 3.8) is 0 Å². The zero-order chi connectivity index (χ0) is 26.1. The molecule has 1 N–H and O–H groups in total. The number of benzene rings is 2. The third kappa shape index (κ3) is 8.71. The van der Waals surface area contributed by atoms with E-state index < -0.39 is 6.10 Å². The number of ether oxygens (including phenoxy) is 2. The Bertz CT molecular complexity index is 1050. The largest absolute Gasteiger partial charge is 0.491 e. The molecule has 1 atom stereocenters. The smallest absolute Gasteiger partial charge is 0.119 e. The minimum atomic E-state index is -0.571. The molecule has 0 saturated carbocycles. The molecule has 0 amide bonds. The molecule has 4 rings (SSSR count). The fourth-order valence-electron chi connectivity index (χ4n) is 4.69. The second-order valence-corrected chi connectivity index (χ2v) is 11.0. The van der Waals surface area contributed by atoms with Crippen molar-refractivity contribution in [2.75, 3.05) is 52.5 Å². The van der Waals surface area contributed by atoms with Crippen LogP contribution in [0.5, 0.6) is 5.75 Å². The summed E-state index contributed by atoms with van der Waals surface area (Å²) in [5.74, 6) is 0.785. The fraction of sp³-hybridized carbons (Fsp3) is 0.484. The fourth-order valence-corrected chi connectivity index (χ4v) is 4.69. The van der Waals surface area contributed by atoms with Crippen LogP contribution in [-0.2, 0) is 23.2 Å². The summed E-state index contributed by atoms with van der Waals surface area (Å²) in [4.78, 5) is 4.79. The predicted octanol–water partition coefficient (Wildman–Crippen LogP) is 4.41. The molecular weight excluding hydrogens is 462 g/mol. The summed E-state index contributed by atoms with van der Waals surface area (Å²) < 4.78 is 13.7. The van der Waals surface area contributed by atoms with Gasteiger partial charge in [0.1, 0.15) is 18.5 Å². The van der Waals surface area contributed by atoms with E-state index in [2.05, 4.69) is 77.7 Å². The Kier molecular flexibility index (Phi) is 9.81. The van der Waals surface area contributed by atoms with Crippen LogP contribution in [0, 0.1) is 0 Å². The van der Waals surface area contributed by atoms with Gasteiger partial charge < -0.3 is 19.1 Å². The highest BCUT2D eigenvalue weighted by molar-refractivity contribution is 5.28. The maximum absolute atomic E-state index is 10.8. The Morgan fingerprint density at radius 3 is 2.41 bits per heavy atom. The maximum Gasteiger partial charge on any atom is 0.119 e. The number of morpholine rings is 1. The monoisotopic (exact) mass is 505 g/mol. The second-order valence-electron chi connectivity index (χ2n) is 11.0. The normalized spacial score (nSPS) is 15.7. The molecule has 1 aliphatic heterocycles. The molecule has 2 aromatic carbocycles. The van der Waals surface area contributed by atoms with Crippen LogP contribution in [0.25, 0.3) is 0 Å². The van der Waals surface area contributed by atoms with Crippen molar-refractivity contribution >= 4 is 0 Å². The number of aliphatic hydroxyl groups is 1. The molecule has 200 valence electrons. The van der Waals surface area contributed by atoms with E-state index in [4.69, 9.17) is 9.47 Å². The first-order valence-electron chi connectivity index (χ1n) is 13.5. The second kappa shape index (κ2) is 13.2. The minimum absolute atomic E-state index is 0.156. The standard InChI is InChI=1S/C31H43N3O3/c1-31(2,3)27-13-11-26(12-14-27)22-34-15-7-8-28(34)23-33(17-16-32-18-20-36-21-19-32)24-29(35)25-37-30-9-5-4-6-10-30/h4-15,29,35H,16-25H2,1-3H3. The molecule has 1 fully saturated rings. The van der Waals surface area contributed by atoms with E-state index >= 15 is 0 Å². The molecule has 1 unspecified atom stereocenters. The van der Waals surface area contributed by atoms with Gasteiger partial charge in [-0.15, -0.1) is 0 Å². The van der Waals surface area contributed by atoms with Crippen LogP contribution in [0.1, 0.15) is 37.6 Å². The Balaban J connectivity index is 1.39. The predicted molar refractivity (Wildman–Crippen MR) is 149 cm³/mol. The molecule has 0 spiro atoms. The van der Waals surface area contributed by atoms with E-state index in [0.717, 1.165) is 58.2 Å². The van der Waals surface area contributed by atoms with E-state index in [0.29, 0.717) is 6.54 Å². The Morgan fingerprint density at radius 2 is 1.70 bits per heavy atom. The van der Waals surface area contributed by atoms with Gasteiger partial charge in [0.05, 0.1) is 13.2 Å². The lowest BCUT2D eigenvalue weighted by molar-refractivity contribution is 0.0253. The summed E-state index contributed by atoms with van der Waals surface area (Å²) in [6, 6.07) is 23.0. The van der Waals surface area contributed by atoms with Gasteiger partial charge in [0.15, 0.2) is 0 Å². The molecule has 2 heterocycles. The van der Waals surface area contributed by atoms with Gasteiger partial charge in [0, 0.05) is 57.7 Å². The molecule has 1 saturated heterocycles. The van der Waals surface area contributed by atoms with Crippen LogP contribution in [-0.4, -0.2) is 78.1 Å². The number of hydrogen-bond donors (Lipinski definition) is 1. The van der Waals surface area contributed by atoms with E-state index in [1.165, 1.54) is 16.8 Å². The van der Waals surface area contributed by atoms with Gasteiger partial charge in [-0.05, 0) is 40.8 Å². The third-order valence-electron chi connectivity index (χ3n) is 6.97. The number of aromatic nitrogens is 1. The molecule has 3 aromatic rings. The average Bonchev–Trinajstić information content (AvgIpc) is 3.33. The number of hydrogen-bond acceptors (Lipinski definition) is 5. The molecular formula is C31H43N3O3. The summed E-state index contributed by atoms with van der Waals surface area (Å²) >= 11 is 0. The first-order valence-corrected chi connectivity index (χ1v) is 13.5. The van der Waals surface area contributed by atoms with Gasteiger partial charge in [-0.3, -0.25) is 9.80 Å². The molecule has 0 bridgehead atoms. The van der Waals surface area contributed by atoms with Crippen molar-refractivity contribution in [1.82, 2.24) is 14.4 Å². The van der Waals surface area contributed by atoms with Crippen molar-refractivity contribution < 1.29 is 14.6 Å². The van der Waals surface area contributed by atoms with Crippen LogP contribution in [0.15, 0.2) is 72.9 Å². The number of rotatable bonds is 12. The highest BCUT2D eigenvalue weighted by Gasteiger charge is 2.18. The molecule has 0 aliphatic carbocycles. The molecule has 1 aromatic heterocycles. The van der Waals surface area contributed by atoms with Crippen molar-refractivity contribution in [2.45, 2.75) is 45.4 Å². The third-order valence-corrected chi connectivity index (χ3v) is 6.97. The van der Waals surface area contributed by atoms with Crippen LogP contribution in [0.4, 0.5) is 0 Å². The van der Waals surface area contributed by atoms with E-state index in [9.17, 15) is 5.11 Å². The van der Waals surface area contributed by atoms with Crippen molar-refractivity contribution in [3.8, 4) is 5.75 Å². The van der Waals surface area contributed by atoms with E-state index in [1.54, 1.807) is 0 Å². The highest BCUT2D eigenvalue weighted by atomic mass is 16.5. The summed E-state index contributed by atoms with van der Waals surface area (Å²) in [6.45, 7) is 14.6. The number of nitrogens with zero attached hydrogens (tertiary/aromatic N) is 3. The zero-order valence-electron chi connectivity index (χ0n) is 22.7. The van der Waals surface area contributed by atoms with E-state index in [-0.39, 0.29) is 12.0 Å². The molecule has 6 heteroatoms. The molecule has 37 heavy (non-hydrogen) atoms. The minimum Gasteiger partial charge on any atom is -0.491 e. The summed E-state index contributed by atoms with van der Waals surface area (Å²) in [5.41, 5.74) is 4.05. The van der Waals surface area contributed by atoms with Crippen LogP contribution < -0.4 is 4.74 Å². The van der Waals surface area contributed by atoms with Crippen molar-refractivity contribution in [1.29, 1.82) is 0 Å². The first kappa shape index (κ1) is 27.4. The van der Waals surface area contributed by atoms with Gasteiger partial charge in [-0.2, -0.15) is 0 Å².